The number of halogens is 1. The summed E-state index contributed by atoms with van der Waals surface area (Å²) in [6.45, 7) is -0.835. The number of ether oxygens (including phenoxy) is 2. The van der Waals surface area contributed by atoms with Gasteiger partial charge in [-0.25, -0.2) is 8.42 Å². The number of pyridine rings is 1. The maximum Gasteiger partial charge on any atom is 0.243 e. The second kappa shape index (κ2) is 14.3. The molecule has 15 heteroatoms. The zero-order chi connectivity index (χ0) is 36.1. The fourth-order valence-corrected chi connectivity index (χ4v) is 8.76. The van der Waals surface area contributed by atoms with E-state index < -0.39 is 65.0 Å². The number of aliphatic hydroxyl groups excluding tert-OH is 5. The predicted octanol–water partition coefficient (Wildman–Crippen LogP) is 1.57. The number of benzene rings is 2. The molecule has 1 saturated heterocycles. The van der Waals surface area contributed by atoms with Crippen molar-refractivity contribution in [2.24, 2.45) is 17.8 Å². The molecule has 1 amide bonds. The lowest BCUT2D eigenvalue weighted by Gasteiger charge is -2.26. The van der Waals surface area contributed by atoms with Crippen molar-refractivity contribution in [2.45, 2.75) is 73.3 Å². The number of hydrogen-bond acceptors (Lipinski definition) is 11. The molecular formula is C36H42ClN3O10S. The molecule has 3 aliphatic carbocycles. The number of carbonyl (C=O) groups excluding carboxylic acids is 1. The third-order valence-electron chi connectivity index (χ3n) is 10.4. The van der Waals surface area contributed by atoms with Crippen molar-refractivity contribution in [3.63, 3.8) is 0 Å². The molecular weight excluding hydrogens is 702 g/mol. The summed E-state index contributed by atoms with van der Waals surface area (Å²) in [4.78, 5) is 17.3. The summed E-state index contributed by atoms with van der Waals surface area (Å²) in [5, 5.41) is 51.2. The summed E-state index contributed by atoms with van der Waals surface area (Å²) in [5.74, 6) is -0.450. The molecule has 1 unspecified atom stereocenters. The lowest BCUT2D eigenvalue weighted by atomic mass is 9.96. The van der Waals surface area contributed by atoms with E-state index >= 15 is 0 Å². The van der Waals surface area contributed by atoms with Gasteiger partial charge in [-0.3, -0.25) is 9.78 Å². The number of rotatable bonds is 16. The van der Waals surface area contributed by atoms with E-state index in [0.29, 0.717) is 10.6 Å². The molecule has 7 rings (SSSR count). The van der Waals surface area contributed by atoms with Gasteiger partial charge >= 0.3 is 0 Å². The van der Waals surface area contributed by atoms with Gasteiger partial charge < -0.3 is 40.3 Å². The van der Waals surface area contributed by atoms with Crippen molar-refractivity contribution in [3.8, 4) is 16.9 Å². The minimum atomic E-state index is -3.91. The van der Waals surface area contributed by atoms with Crippen LogP contribution >= 0.6 is 11.6 Å². The van der Waals surface area contributed by atoms with E-state index in [1.165, 1.54) is 10.4 Å². The molecule has 0 radical (unpaired) electrons. The highest BCUT2D eigenvalue weighted by molar-refractivity contribution is 7.89. The minimum Gasteiger partial charge on any atom is -0.490 e. The number of para-hydroxylation sites is 1. The van der Waals surface area contributed by atoms with E-state index in [2.05, 4.69) is 10.3 Å². The van der Waals surface area contributed by atoms with Crippen molar-refractivity contribution < 1.29 is 48.2 Å². The number of fused-ring (bicyclic) bond motifs is 1. The van der Waals surface area contributed by atoms with Crippen LogP contribution in [0, 0.1) is 17.8 Å². The number of nitrogens with one attached hydrogen (secondary N) is 1. The number of piperidine rings is 1. The molecule has 51 heavy (non-hydrogen) atoms. The number of aliphatic hydroxyl groups is 5. The average Bonchev–Trinajstić information content (AvgIpc) is 4.10. The normalized spacial score (nSPS) is 24.6. The van der Waals surface area contributed by atoms with E-state index in [9.17, 15) is 33.6 Å². The van der Waals surface area contributed by atoms with Crippen LogP contribution in [0.4, 0.5) is 0 Å². The number of carbonyl (C=O) groups is 1. The van der Waals surface area contributed by atoms with Crippen LogP contribution in [0.2, 0.25) is 5.02 Å². The highest BCUT2D eigenvalue weighted by Gasteiger charge is 2.61. The number of nitrogens with zero attached hydrogens (tertiary/aromatic N) is 2. The molecule has 0 spiro atoms. The average molecular weight is 744 g/mol. The van der Waals surface area contributed by atoms with Gasteiger partial charge in [0.1, 0.15) is 24.1 Å². The van der Waals surface area contributed by atoms with Gasteiger partial charge in [-0.05, 0) is 79.0 Å². The lowest BCUT2D eigenvalue weighted by molar-refractivity contribution is -0.127. The van der Waals surface area contributed by atoms with Crippen LogP contribution in [0.1, 0.15) is 36.8 Å². The Bertz CT molecular complexity index is 1860. The zero-order valence-electron chi connectivity index (χ0n) is 27.7. The molecule has 7 atom stereocenters. The van der Waals surface area contributed by atoms with E-state index in [0.717, 1.165) is 48.1 Å². The van der Waals surface area contributed by atoms with E-state index in [1.807, 2.05) is 36.5 Å². The lowest BCUT2D eigenvalue weighted by Crippen LogP contribution is -2.50. The third kappa shape index (κ3) is 7.39. The number of hydrogen-bond donors (Lipinski definition) is 6. The molecule has 6 N–H and O–H groups in total. The van der Waals surface area contributed by atoms with Crippen LogP contribution in [0.3, 0.4) is 0 Å². The molecule has 4 fully saturated rings. The maximum atomic E-state index is 13.7. The van der Waals surface area contributed by atoms with Gasteiger partial charge in [0.15, 0.2) is 0 Å². The summed E-state index contributed by atoms with van der Waals surface area (Å²) in [6, 6.07) is 14.5. The summed E-state index contributed by atoms with van der Waals surface area (Å²) in [5.41, 5.74) is 2.82. The Labute approximate surface area is 300 Å². The number of amides is 1. The van der Waals surface area contributed by atoms with Gasteiger partial charge in [0.2, 0.25) is 15.9 Å². The molecule has 1 aliphatic heterocycles. The van der Waals surface area contributed by atoms with E-state index in [1.54, 1.807) is 18.3 Å². The first-order valence-corrected chi connectivity index (χ1v) is 19.0. The summed E-state index contributed by atoms with van der Waals surface area (Å²) < 4.78 is 41.5. The Morgan fingerprint density at radius 3 is 2.39 bits per heavy atom. The zero-order valence-corrected chi connectivity index (χ0v) is 29.3. The van der Waals surface area contributed by atoms with Gasteiger partial charge in [0.25, 0.3) is 0 Å². The van der Waals surface area contributed by atoms with Gasteiger partial charge in [-0.1, -0.05) is 29.8 Å². The molecule has 3 saturated carbocycles. The molecule has 0 bridgehead atoms. The maximum absolute atomic E-state index is 13.7. The largest absolute Gasteiger partial charge is 0.490 e. The molecule has 2 aromatic carbocycles. The van der Waals surface area contributed by atoms with Crippen LogP contribution in [-0.2, 0) is 31.8 Å². The van der Waals surface area contributed by atoms with Gasteiger partial charge in [0.05, 0.1) is 35.9 Å². The van der Waals surface area contributed by atoms with Crippen LogP contribution < -0.4 is 10.1 Å². The molecule has 1 aromatic heterocycles. The van der Waals surface area contributed by atoms with Crippen LogP contribution in [-0.4, -0.2) is 106 Å². The molecule has 13 nitrogen and oxygen atoms in total. The fraction of sp³-hybridized carbons (Fsp3) is 0.500. The second-order valence-corrected chi connectivity index (χ2v) is 16.3. The minimum absolute atomic E-state index is 0.0756. The molecule has 4 aliphatic rings. The van der Waals surface area contributed by atoms with Gasteiger partial charge in [-0.2, -0.15) is 4.31 Å². The number of sulfonamides is 1. The van der Waals surface area contributed by atoms with Crippen molar-refractivity contribution in [2.75, 3.05) is 26.2 Å². The number of aromatic nitrogens is 1. The topological polar surface area (TPSA) is 199 Å². The van der Waals surface area contributed by atoms with Crippen LogP contribution in [0.15, 0.2) is 65.8 Å². The predicted molar refractivity (Wildman–Crippen MR) is 184 cm³/mol. The smallest absolute Gasteiger partial charge is 0.243 e. The Morgan fingerprint density at radius 1 is 1.00 bits per heavy atom. The summed E-state index contributed by atoms with van der Waals surface area (Å²) in [7, 11) is -3.91. The molecule has 2 heterocycles. The molecule has 3 aromatic rings. The summed E-state index contributed by atoms with van der Waals surface area (Å²) in [6.07, 6.45) is 0.611. The quantitative estimate of drug-likeness (QED) is 0.125. The Hall–Kier alpha value is -3.18. The first kappa shape index (κ1) is 36.2. The first-order valence-electron chi connectivity index (χ1n) is 17.2. The second-order valence-electron chi connectivity index (χ2n) is 14.0. The van der Waals surface area contributed by atoms with Crippen molar-refractivity contribution in [1.82, 2.24) is 14.6 Å². The molecule has 274 valence electrons. The van der Waals surface area contributed by atoms with Crippen molar-refractivity contribution >= 4 is 27.5 Å². The highest BCUT2D eigenvalue weighted by Crippen LogP contribution is 2.54. The van der Waals surface area contributed by atoms with Crippen LogP contribution in [0.25, 0.3) is 11.1 Å². The Balaban J connectivity index is 0.976. The fourth-order valence-electron chi connectivity index (χ4n) is 7.02. The Morgan fingerprint density at radius 2 is 1.71 bits per heavy atom. The third-order valence-corrected chi connectivity index (χ3v) is 12.6. The van der Waals surface area contributed by atoms with Crippen molar-refractivity contribution in [1.29, 1.82) is 0 Å². The summed E-state index contributed by atoms with van der Waals surface area (Å²) >= 11 is 6.57. The monoisotopic (exact) mass is 743 g/mol. The SMILES string of the molecule is O=C(NC[C@H](O)[C@@H](O)[C@H](O)[C@H](O)CO)C1[C@H]2CN(S(=O)(=O)c3ccc(Cl)c(COC4(c5cnccc5-c5ccccc5OC5CC5)CC4)c3)C[C@@H]12. The van der Waals surface area contributed by atoms with Crippen molar-refractivity contribution in [3.05, 3.63) is 77.1 Å². The standard InChI is InChI=1S/C36H42ClN3O10S/c37-28-8-7-22(51(47,48)40-16-25-26(17-40)32(25)35(46)39-15-29(42)33(44)34(45)30(43)18-41)13-20(28)19-49-36(10-11-36)27-14-38-12-9-23(27)24-3-1-2-4-31(24)50-21-5-6-21/h1-4,7-9,12-14,21,25-26,29-30,32-34,41-45H,5-6,10-11,15-19H2,(H,39,46)/t25-,26+,29-,30+,32?,33+,34+/m0/s1. The van der Waals surface area contributed by atoms with Gasteiger partial charge in [-0.15, -0.1) is 0 Å². The van der Waals surface area contributed by atoms with E-state index in [4.69, 9.17) is 26.2 Å². The van der Waals surface area contributed by atoms with E-state index in [-0.39, 0.29) is 42.5 Å². The highest BCUT2D eigenvalue weighted by atomic mass is 35.5. The van der Waals surface area contributed by atoms with Gasteiger partial charge in [0, 0.05) is 54.1 Å². The van der Waals surface area contributed by atoms with Crippen LogP contribution in [0.5, 0.6) is 5.75 Å². The first-order chi connectivity index (χ1) is 24.4. The Kier molecular flexibility index (Phi) is 10.2.